The summed E-state index contributed by atoms with van der Waals surface area (Å²) in [7, 11) is 0. The number of aryl methyl sites for hydroxylation is 2. The number of carbonyl (C=O) groups excluding carboxylic acids is 2. The van der Waals surface area contributed by atoms with E-state index in [4.69, 9.17) is 4.74 Å². The summed E-state index contributed by atoms with van der Waals surface area (Å²) < 4.78 is 5.65. The Morgan fingerprint density at radius 3 is 2.27 bits per heavy atom. The molecule has 2 amide bonds. The molecular formula is C21H30N2O3. The number of ether oxygens (including phenoxy) is 1. The van der Waals surface area contributed by atoms with Crippen molar-refractivity contribution in [2.24, 2.45) is 5.92 Å². The summed E-state index contributed by atoms with van der Waals surface area (Å²) in [6.07, 6.45) is 5.66. The van der Waals surface area contributed by atoms with Crippen molar-refractivity contribution < 1.29 is 14.3 Å². The van der Waals surface area contributed by atoms with E-state index in [1.165, 1.54) is 24.8 Å². The highest BCUT2D eigenvalue weighted by atomic mass is 16.5. The second-order valence-corrected chi connectivity index (χ2v) is 7.58. The zero-order valence-electron chi connectivity index (χ0n) is 16.0. The van der Waals surface area contributed by atoms with Gasteiger partial charge in [-0.2, -0.15) is 0 Å². The van der Waals surface area contributed by atoms with Crippen LogP contribution in [0.15, 0.2) is 18.2 Å². The molecule has 0 spiro atoms. The van der Waals surface area contributed by atoms with Gasteiger partial charge in [-0.1, -0.05) is 25.3 Å². The van der Waals surface area contributed by atoms with Crippen LogP contribution in [0.5, 0.6) is 5.75 Å². The molecule has 1 heterocycles. The zero-order valence-corrected chi connectivity index (χ0v) is 16.0. The van der Waals surface area contributed by atoms with E-state index >= 15 is 0 Å². The molecule has 0 N–H and O–H groups in total. The van der Waals surface area contributed by atoms with E-state index in [9.17, 15) is 9.59 Å². The Balaban J connectivity index is 1.44. The molecule has 1 saturated carbocycles. The smallest absolute Gasteiger partial charge is 0.260 e. The Hall–Kier alpha value is -2.04. The summed E-state index contributed by atoms with van der Waals surface area (Å²) >= 11 is 0. The average Bonchev–Trinajstić information content (AvgIpc) is 2.69. The lowest BCUT2D eigenvalue weighted by Crippen LogP contribution is -2.53. The van der Waals surface area contributed by atoms with E-state index in [0.717, 1.165) is 24.2 Å². The molecule has 142 valence electrons. The molecule has 0 atom stereocenters. The van der Waals surface area contributed by atoms with Crippen LogP contribution in [0, 0.1) is 19.8 Å². The van der Waals surface area contributed by atoms with E-state index in [-0.39, 0.29) is 18.4 Å². The quantitative estimate of drug-likeness (QED) is 0.831. The van der Waals surface area contributed by atoms with Gasteiger partial charge < -0.3 is 14.5 Å². The number of nitrogens with zero attached hydrogens (tertiary/aromatic N) is 2. The Labute approximate surface area is 156 Å². The highest BCUT2D eigenvalue weighted by Crippen LogP contribution is 2.26. The van der Waals surface area contributed by atoms with Crippen molar-refractivity contribution in [3.05, 3.63) is 29.3 Å². The van der Waals surface area contributed by atoms with Gasteiger partial charge in [0.2, 0.25) is 5.91 Å². The summed E-state index contributed by atoms with van der Waals surface area (Å²) in [5, 5.41) is 0. The largest absolute Gasteiger partial charge is 0.484 e. The van der Waals surface area contributed by atoms with Gasteiger partial charge in [0, 0.05) is 32.1 Å². The predicted molar refractivity (Wildman–Crippen MR) is 101 cm³/mol. The number of carbonyl (C=O) groups is 2. The topological polar surface area (TPSA) is 49.9 Å². The summed E-state index contributed by atoms with van der Waals surface area (Å²) in [4.78, 5) is 28.8. The Morgan fingerprint density at radius 2 is 1.62 bits per heavy atom. The van der Waals surface area contributed by atoms with Crippen molar-refractivity contribution in [1.29, 1.82) is 0 Å². The summed E-state index contributed by atoms with van der Waals surface area (Å²) in [5.41, 5.74) is 2.37. The van der Waals surface area contributed by atoms with Gasteiger partial charge in [-0.05, 0) is 49.9 Å². The Bertz CT molecular complexity index is 645. The summed E-state index contributed by atoms with van der Waals surface area (Å²) in [6.45, 7) is 6.64. The highest BCUT2D eigenvalue weighted by molar-refractivity contribution is 5.80. The molecule has 1 aromatic rings. The van der Waals surface area contributed by atoms with Gasteiger partial charge in [-0.3, -0.25) is 9.59 Å². The van der Waals surface area contributed by atoms with Crippen molar-refractivity contribution in [3.8, 4) is 5.75 Å². The normalized spacial score (nSPS) is 18.7. The van der Waals surface area contributed by atoms with E-state index in [1.807, 2.05) is 34.9 Å². The highest BCUT2D eigenvalue weighted by Gasteiger charge is 2.29. The molecule has 2 fully saturated rings. The monoisotopic (exact) mass is 358 g/mol. The van der Waals surface area contributed by atoms with Crippen LogP contribution in [-0.2, 0) is 9.59 Å². The predicted octanol–water partition coefficient (Wildman–Crippen LogP) is 2.93. The number of hydrogen-bond donors (Lipinski definition) is 0. The van der Waals surface area contributed by atoms with Crippen molar-refractivity contribution >= 4 is 11.8 Å². The number of rotatable bonds is 4. The molecule has 0 unspecified atom stereocenters. The molecule has 5 heteroatoms. The lowest BCUT2D eigenvalue weighted by atomic mass is 9.88. The molecule has 5 nitrogen and oxygen atoms in total. The number of hydrogen-bond acceptors (Lipinski definition) is 3. The third-order valence-corrected chi connectivity index (χ3v) is 5.74. The summed E-state index contributed by atoms with van der Waals surface area (Å²) in [6, 6.07) is 5.87. The van der Waals surface area contributed by atoms with Gasteiger partial charge in [0.15, 0.2) is 6.61 Å². The molecule has 0 bridgehead atoms. The van der Waals surface area contributed by atoms with E-state index in [0.29, 0.717) is 32.1 Å². The third kappa shape index (κ3) is 4.57. The van der Waals surface area contributed by atoms with Gasteiger partial charge in [0.1, 0.15) is 5.75 Å². The van der Waals surface area contributed by atoms with Crippen LogP contribution in [0.1, 0.15) is 43.2 Å². The molecule has 1 aromatic carbocycles. The minimum Gasteiger partial charge on any atom is -0.484 e. The Kier molecular flexibility index (Phi) is 6.17. The maximum Gasteiger partial charge on any atom is 0.260 e. The molecule has 2 aliphatic rings. The van der Waals surface area contributed by atoms with Crippen LogP contribution < -0.4 is 4.74 Å². The number of amides is 2. The first-order valence-corrected chi connectivity index (χ1v) is 9.81. The Morgan fingerprint density at radius 1 is 0.962 bits per heavy atom. The van der Waals surface area contributed by atoms with Gasteiger partial charge >= 0.3 is 0 Å². The molecular weight excluding hydrogens is 328 g/mol. The molecule has 26 heavy (non-hydrogen) atoms. The van der Waals surface area contributed by atoms with Crippen molar-refractivity contribution in [2.75, 3.05) is 32.8 Å². The standard InChI is InChI=1S/C21H30N2O3/c1-16-8-9-19(14-17(16)2)26-15-20(24)22-10-12-23(13-11-22)21(25)18-6-4-3-5-7-18/h8-9,14,18H,3-7,10-13,15H2,1-2H3. The van der Waals surface area contributed by atoms with Gasteiger partial charge in [-0.25, -0.2) is 0 Å². The second-order valence-electron chi connectivity index (χ2n) is 7.58. The van der Waals surface area contributed by atoms with Gasteiger partial charge in [-0.15, -0.1) is 0 Å². The molecule has 1 aliphatic heterocycles. The van der Waals surface area contributed by atoms with Crippen LogP contribution in [-0.4, -0.2) is 54.4 Å². The molecule has 0 aromatic heterocycles. The number of piperazine rings is 1. The molecule has 1 aliphatic carbocycles. The lowest BCUT2D eigenvalue weighted by molar-refractivity contribution is -0.143. The van der Waals surface area contributed by atoms with E-state index in [2.05, 4.69) is 6.92 Å². The first-order chi connectivity index (χ1) is 12.5. The fourth-order valence-electron chi connectivity index (χ4n) is 3.82. The SMILES string of the molecule is Cc1ccc(OCC(=O)N2CCN(C(=O)C3CCCCC3)CC2)cc1C. The van der Waals surface area contributed by atoms with Crippen molar-refractivity contribution in [3.63, 3.8) is 0 Å². The fourth-order valence-corrected chi connectivity index (χ4v) is 3.82. The molecule has 1 saturated heterocycles. The minimum absolute atomic E-state index is 0.00649. The number of benzene rings is 1. The zero-order chi connectivity index (χ0) is 18.5. The van der Waals surface area contributed by atoms with E-state index in [1.54, 1.807) is 0 Å². The van der Waals surface area contributed by atoms with Gasteiger partial charge in [0.05, 0.1) is 0 Å². The maximum absolute atomic E-state index is 12.6. The van der Waals surface area contributed by atoms with Gasteiger partial charge in [0.25, 0.3) is 5.91 Å². The van der Waals surface area contributed by atoms with Crippen LogP contribution >= 0.6 is 0 Å². The minimum atomic E-state index is -0.00649. The fraction of sp³-hybridized carbons (Fsp3) is 0.619. The third-order valence-electron chi connectivity index (χ3n) is 5.74. The van der Waals surface area contributed by atoms with Crippen molar-refractivity contribution in [2.45, 2.75) is 46.0 Å². The summed E-state index contributed by atoms with van der Waals surface area (Å²) in [5.74, 6) is 1.22. The van der Waals surface area contributed by atoms with Crippen LogP contribution in [0.2, 0.25) is 0 Å². The van der Waals surface area contributed by atoms with E-state index < -0.39 is 0 Å². The maximum atomic E-state index is 12.6. The van der Waals surface area contributed by atoms with Crippen LogP contribution in [0.4, 0.5) is 0 Å². The van der Waals surface area contributed by atoms with Crippen molar-refractivity contribution in [1.82, 2.24) is 9.80 Å². The first kappa shape index (κ1) is 18.7. The molecule has 0 radical (unpaired) electrons. The second kappa shape index (κ2) is 8.56. The van der Waals surface area contributed by atoms with Crippen LogP contribution in [0.3, 0.4) is 0 Å². The first-order valence-electron chi connectivity index (χ1n) is 9.81. The lowest BCUT2D eigenvalue weighted by Gasteiger charge is -2.37. The molecule has 3 rings (SSSR count). The van der Waals surface area contributed by atoms with Crippen LogP contribution in [0.25, 0.3) is 0 Å². The average molecular weight is 358 g/mol.